The molecule has 1 heterocycles. The Balaban J connectivity index is 1.41. The second-order valence-corrected chi connectivity index (χ2v) is 10.5. The molecule has 32 heavy (non-hydrogen) atoms. The van der Waals surface area contributed by atoms with Gasteiger partial charge in [-0.3, -0.25) is 4.79 Å². The number of hydrogen-bond acceptors (Lipinski definition) is 2. The van der Waals surface area contributed by atoms with E-state index in [1.165, 1.54) is 49.8 Å². The van der Waals surface area contributed by atoms with Crippen LogP contribution in [0.25, 0.3) is 0 Å². The number of benzene rings is 2. The zero-order valence-corrected chi connectivity index (χ0v) is 19.6. The van der Waals surface area contributed by atoms with Crippen molar-refractivity contribution >= 4 is 5.91 Å². The first kappa shape index (κ1) is 21.7. The summed E-state index contributed by atoms with van der Waals surface area (Å²) in [4.78, 5) is 18.7. The minimum atomic E-state index is 0.238. The summed E-state index contributed by atoms with van der Waals surface area (Å²) in [6.07, 6.45) is 8.94. The normalized spacial score (nSPS) is 24.5. The second kappa shape index (κ2) is 9.79. The van der Waals surface area contributed by atoms with Gasteiger partial charge in [0.2, 0.25) is 0 Å². The molecule has 1 saturated heterocycles. The third kappa shape index (κ3) is 4.93. The Kier molecular flexibility index (Phi) is 6.64. The molecule has 0 radical (unpaired) electrons. The first-order valence-electron chi connectivity index (χ1n) is 12.8. The molecule has 2 atom stereocenters. The molecule has 3 aliphatic rings. The maximum absolute atomic E-state index is 13.7. The van der Waals surface area contributed by atoms with Crippen molar-refractivity contribution < 1.29 is 4.79 Å². The number of carbonyl (C=O) groups is 1. The molecule has 0 bridgehead atoms. The second-order valence-electron chi connectivity index (χ2n) is 10.5. The summed E-state index contributed by atoms with van der Waals surface area (Å²) in [6.45, 7) is 6.66. The Hall–Kier alpha value is -2.13. The molecule has 5 rings (SSSR count). The lowest BCUT2D eigenvalue weighted by Crippen LogP contribution is -2.45. The molecule has 1 amide bonds. The van der Waals surface area contributed by atoms with Crippen LogP contribution in [0, 0.1) is 18.8 Å². The maximum Gasteiger partial charge on any atom is 0.254 e. The molecule has 3 nitrogen and oxygen atoms in total. The number of amides is 1. The van der Waals surface area contributed by atoms with Gasteiger partial charge < -0.3 is 9.80 Å². The van der Waals surface area contributed by atoms with Gasteiger partial charge in [0.1, 0.15) is 0 Å². The van der Waals surface area contributed by atoms with Crippen molar-refractivity contribution in [2.75, 3.05) is 26.2 Å². The fourth-order valence-corrected chi connectivity index (χ4v) is 6.11. The van der Waals surface area contributed by atoms with Crippen molar-refractivity contribution in [2.45, 2.75) is 63.8 Å². The third-order valence-electron chi connectivity index (χ3n) is 8.05. The summed E-state index contributed by atoms with van der Waals surface area (Å²) >= 11 is 0. The first-order valence-corrected chi connectivity index (χ1v) is 12.8. The molecule has 0 N–H and O–H groups in total. The van der Waals surface area contributed by atoms with Gasteiger partial charge in [0.25, 0.3) is 5.91 Å². The average molecular weight is 431 g/mol. The predicted octanol–water partition coefficient (Wildman–Crippen LogP) is 5.90. The van der Waals surface area contributed by atoms with E-state index < -0.39 is 0 Å². The molecular weight excluding hydrogens is 392 g/mol. The fraction of sp³-hybridized carbons (Fsp3) is 0.552. The van der Waals surface area contributed by atoms with Crippen molar-refractivity contribution in [3.05, 3.63) is 71.3 Å². The first-order chi connectivity index (χ1) is 15.7. The number of rotatable bonds is 7. The van der Waals surface area contributed by atoms with Gasteiger partial charge in [-0.15, -0.1) is 0 Å². The maximum atomic E-state index is 13.7. The van der Waals surface area contributed by atoms with Crippen LogP contribution < -0.4 is 0 Å². The highest BCUT2D eigenvalue weighted by Gasteiger charge is 2.39. The Bertz CT molecular complexity index is 900. The highest BCUT2D eigenvalue weighted by atomic mass is 16.2. The summed E-state index contributed by atoms with van der Waals surface area (Å²) in [5.41, 5.74) is 3.74. The average Bonchev–Trinajstić information content (AvgIpc) is 3.56. The topological polar surface area (TPSA) is 23.6 Å². The van der Waals surface area contributed by atoms with Crippen LogP contribution >= 0.6 is 0 Å². The zero-order valence-electron chi connectivity index (χ0n) is 19.6. The van der Waals surface area contributed by atoms with Crippen molar-refractivity contribution in [3.63, 3.8) is 0 Å². The third-order valence-corrected chi connectivity index (χ3v) is 8.05. The minimum absolute atomic E-state index is 0.238. The van der Waals surface area contributed by atoms with Crippen LogP contribution in [-0.2, 0) is 0 Å². The van der Waals surface area contributed by atoms with Crippen LogP contribution in [0.1, 0.15) is 72.3 Å². The van der Waals surface area contributed by atoms with Crippen LogP contribution in [0.5, 0.6) is 0 Å². The highest BCUT2D eigenvalue weighted by Crippen LogP contribution is 2.39. The fourth-order valence-electron chi connectivity index (χ4n) is 6.11. The van der Waals surface area contributed by atoms with Gasteiger partial charge in [0.05, 0.1) is 0 Å². The van der Waals surface area contributed by atoms with Crippen LogP contribution in [0.4, 0.5) is 0 Å². The molecule has 3 heteroatoms. The number of nitrogens with zero attached hydrogens (tertiary/aromatic N) is 2. The van der Waals surface area contributed by atoms with Gasteiger partial charge in [-0.1, -0.05) is 61.7 Å². The number of carbonyl (C=O) groups excluding carboxylic acids is 1. The summed E-state index contributed by atoms with van der Waals surface area (Å²) in [6, 6.07) is 19.3. The Labute approximate surface area is 193 Å². The SMILES string of the molecule is Cc1ccccc1[C@@H]1CN(CC2CC2)C[C@@H]1CN(C(=O)c1ccccc1)C1CCCCC1. The zero-order chi connectivity index (χ0) is 21.9. The van der Waals surface area contributed by atoms with Crippen LogP contribution in [0.15, 0.2) is 54.6 Å². The summed E-state index contributed by atoms with van der Waals surface area (Å²) < 4.78 is 0. The lowest BCUT2D eigenvalue weighted by molar-refractivity contribution is 0.0588. The molecule has 2 aromatic rings. The molecule has 2 aliphatic carbocycles. The smallest absolute Gasteiger partial charge is 0.254 e. The molecule has 170 valence electrons. The summed E-state index contributed by atoms with van der Waals surface area (Å²) in [5, 5.41) is 0. The van der Waals surface area contributed by atoms with E-state index in [1.807, 2.05) is 30.3 Å². The van der Waals surface area contributed by atoms with Gasteiger partial charge in [0.15, 0.2) is 0 Å². The van der Waals surface area contributed by atoms with Gasteiger partial charge in [0, 0.05) is 43.7 Å². The van der Waals surface area contributed by atoms with Gasteiger partial charge in [-0.25, -0.2) is 0 Å². The van der Waals surface area contributed by atoms with E-state index in [9.17, 15) is 4.79 Å². The summed E-state index contributed by atoms with van der Waals surface area (Å²) in [7, 11) is 0. The van der Waals surface area contributed by atoms with E-state index in [1.54, 1.807) is 0 Å². The van der Waals surface area contributed by atoms with E-state index in [0.717, 1.165) is 44.0 Å². The molecule has 3 fully saturated rings. The van der Waals surface area contributed by atoms with E-state index in [2.05, 4.69) is 41.0 Å². The summed E-state index contributed by atoms with van der Waals surface area (Å²) in [5.74, 6) is 2.17. The standard InChI is InChI=1S/C29H38N2O/c1-22-10-8-9-15-27(22)28-21-30(18-23-16-17-23)19-25(28)20-31(26-13-6-3-7-14-26)29(32)24-11-4-2-5-12-24/h2,4-5,8-12,15,23,25-26,28H,3,6-7,13-14,16-21H2,1H3/t25-,28-/m1/s1. The lowest BCUT2D eigenvalue weighted by Gasteiger charge is -2.37. The molecule has 0 aromatic heterocycles. The number of likely N-dealkylation sites (tertiary alicyclic amines) is 1. The van der Waals surface area contributed by atoms with Gasteiger partial charge >= 0.3 is 0 Å². The van der Waals surface area contributed by atoms with Crippen LogP contribution in [0.3, 0.4) is 0 Å². The lowest BCUT2D eigenvalue weighted by atomic mass is 9.85. The quantitative estimate of drug-likeness (QED) is 0.546. The monoisotopic (exact) mass is 430 g/mol. The van der Waals surface area contributed by atoms with Crippen molar-refractivity contribution in [3.8, 4) is 0 Å². The van der Waals surface area contributed by atoms with Crippen LogP contribution in [0.2, 0.25) is 0 Å². The molecule has 2 aromatic carbocycles. The van der Waals surface area contributed by atoms with Crippen molar-refractivity contribution in [2.24, 2.45) is 11.8 Å². The Morgan fingerprint density at radius 3 is 2.34 bits per heavy atom. The minimum Gasteiger partial charge on any atom is -0.335 e. The van der Waals surface area contributed by atoms with E-state index in [0.29, 0.717) is 17.9 Å². The molecule has 0 spiro atoms. The van der Waals surface area contributed by atoms with Gasteiger partial charge in [-0.2, -0.15) is 0 Å². The molecular formula is C29H38N2O. The van der Waals surface area contributed by atoms with Crippen molar-refractivity contribution in [1.82, 2.24) is 9.80 Å². The van der Waals surface area contributed by atoms with E-state index in [-0.39, 0.29) is 5.91 Å². The predicted molar refractivity (Wildman–Crippen MR) is 131 cm³/mol. The molecule has 1 aliphatic heterocycles. The van der Waals surface area contributed by atoms with E-state index in [4.69, 9.17) is 0 Å². The van der Waals surface area contributed by atoms with Gasteiger partial charge in [-0.05, 0) is 67.7 Å². The largest absolute Gasteiger partial charge is 0.335 e. The van der Waals surface area contributed by atoms with E-state index >= 15 is 0 Å². The highest BCUT2D eigenvalue weighted by molar-refractivity contribution is 5.94. The van der Waals surface area contributed by atoms with Crippen molar-refractivity contribution in [1.29, 1.82) is 0 Å². The Morgan fingerprint density at radius 1 is 0.906 bits per heavy atom. The molecule has 0 unspecified atom stereocenters. The Morgan fingerprint density at radius 2 is 1.62 bits per heavy atom. The number of aryl methyl sites for hydroxylation is 1. The van der Waals surface area contributed by atoms with Crippen LogP contribution in [-0.4, -0.2) is 47.9 Å². The molecule has 2 saturated carbocycles. The number of hydrogen-bond donors (Lipinski definition) is 0.